The smallest absolute Gasteiger partial charge is 0.176 e. The monoisotopic (exact) mass is 891 g/mol. The third-order valence-corrected chi connectivity index (χ3v) is 34.3. The van der Waals surface area contributed by atoms with E-state index in [0.717, 1.165) is 5.30 Å². The molecule has 328 valence electrons. The van der Waals surface area contributed by atoms with Crippen molar-refractivity contribution in [3.63, 3.8) is 0 Å². The summed E-state index contributed by atoms with van der Waals surface area (Å²) in [4.78, 5) is 0. The Hall–Kier alpha value is -2.72. The molecule has 0 heterocycles. The second-order valence-electron chi connectivity index (χ2n) is 17.8. The Morgan fingerprint density at radius 2 is 0.803 bits per heavy atom. The molecule has 0 spiro atoms. The van der Waals surface area contributed by atoms with E-state index in [1.807, 2.05) is 6.07 Å². The van der Waals surface area contributed by atoms with E-state index < -0.39 is 30.9 Å². The quantitative estimate of drug-likeness (QED) is 0.0390. The lowest BCUT2D eigenvalue weighted by Crippen LogP contribution is -2.48. The molecule has 0 saturated heterocycles. The van der Waals surface area contributed by atoms with E-state index in [0.29, 0.717) is 6.54 Å². The van der Waals surface area contributed by atoms with Gasteiger partial charge in [-0.25, -0.2) is 4.39 Å². The SMILES string of the molecule is CCCC[Si](CCCC)(CCCC)c1ccc(P(c2ccc([Si](CCCC)(CCCC)CCCC)cc2)[P+](NCc2ccccc2)(c2ccccc2)c2ccccc2F)cc1. The Morgan fingerprint density at radius 1 is 0.443 bits per heavy atom. The second-order valence-corrected chi connectivity index (χ2v) is 34.3. The normalized spacial score (nSPS) is 13.1. The molecular formula is C55H79FNP2Si2+. The molecule has 1 unspecified atom stereocenters. The van der Waals surface area contributed by atoms with Crippen LogP contribution in [0.4, 0.5) is 4.39 Å². The Balaban J connectivity index is 1.80. The minimum Gasteiger partial charge on any atom is -0.203 e. The van der Waals surface area contributed by atoms with Gasteiger partial charge in [0.1, 0.15) is 12.9 Å². The molecule has 0 amide bonds. The maximum absolute atomic E-state index is 17.0. The van der Waals surface area contributed by atoms with E-state index in [2.05, 4.69) is 168 Å². The van der Waals surface area contributed by atoms with Crippen molar-refractivity contribution in [1.82, 2.24) is 5.09 Å². The van der Waals surface area contributed by atoms with Gasteiger partial charge in [0.25, 0.3) is 0 Å². The first-order valence-corrected chi connectivity index (χ1v) is 33.4. The molecule has 61 heavy (non-hydrogen) atoms. The number of rotatable bonds is 28. The van der Waals surface area contributed by atoms with Gasteiger partial charge in [-0.1, -0.05) is 274 Å². The largest absolute Gasteiger partial charge is 0.203 e. The Morgan fingerprint density at radius 3 is 1.18 bits per heavy atom. The Bertz CT molecular complexity index is 1840. The van der Waals surface area contributed by atoms with Gasteiger partial charge in [-0.2, -0.15) is 5.09 Å². The number of hydrogen-bond donors (Lipinski definition) is 1. The highest BCUT2D eigenvalue weighted by Crippen LogP contribution is 2.78. The second kappa shape index (κ2) is 25.5. The van der Waals surface area contributed by atoms with Crippen LogP contribution in [0.5, 0.6) is 0 Å². The van der Waals surface area contributed by atoms with E-state index in [1.54, 1.807) is 16.4 Å². The first kappa shape index (κ1) is 49.3. The molecule has 5 rings (SSSR count). The topological polar surface area (TPSA) is 12.0 Å². The standard InChI is InChI=1S/C55H79FNP2Si2/c1-7-13-41-60(42-14-8-2,43-15-9-3)52-37-33-49(34-38-52)58(50-35-39-53(40-36-50)61(44-16-10-4,45-17-11-5)46-18-12-6)59(51-29-23-20-24-30-51,55-32-26-25-31-54(55)56)57-47-48-27-21-19-22-28-48/h19-40,57H,7-18,41-47H2,1-6H3/q+1. The van der Waals surface area contributed by atoms with Gasteiger partial charge in [0, 0.05) is 10.6 Å². The molecular weight excluding hydrogens is 812 g/mol. The number of unbranched alkanes of at least 4 members (excludes halogenated alkanes) is 6. The van der Waals surface area contributed by atoms with Crippen molar-refractivity contribution in [2.24, 2.45) is 0 Å². The van der Waals surface area contributed by atoms with Crippen LogP contribution in [0, 0.1) is 5.82 Å². The molecule has 0 bridgehead atoms. The van der Waals surface area contributed by atoms with Gasteiger partial charge in [0.05, 0.1) is 22.7 Å². The van der Waals surface area contributed by atoms with Gasteiger partial charge in [0.15, 0.2) is 18.2 Å². The number of hydrogen-bond acceptors (Lipinski definition) is 1. The lowest BCUT2D eigenvalue weighted by molar-refractivity contribution is 0.636. The van der Waals surface area contributed by atoms with Crippen LogP contribution in [0.15, 0.2) is 133 Å². The summed E-state index contributed by atoms with van der Waals surface area (Å²) in [5.74, 6) is -0.115. The minimum atomic E-state index is -2.71. The molecule has 6 heteroatoms. The fraction of sp³-hybridized carbons (Fsp3) is 0.455. The summed E-state index contributed by atoms with van der Waals surface area (Å²) in [5, 5.41) is 12.3. The lowest BCUT2D eigenvalue weighted by Gasteiger charge is -2.36. The maximum atomic E-state index is 17.0. The number of nitrogens with one attached hydrogen (secondary N) is 1. The van der Waals surface area contributed by atoms with Gasteiger partial charge < -0.3 is 0 Å². The van der Waals surface area contributed by atoms with Crippen molar-refractivity contribution in [3.8, 4) is 0 Å². The summed E-state index contributed by atoms with van der Waals surface area (Å²) in [6, 6.07) is 58.2. The predicted molar refractivity (Wildman–Crippen MR) is 280 cm³/mol. The van der Waals surface area contributed by atoms with Crippen LogP contribution in [-0.2, 0) is 6.54 Å². The van der Waals surface area contributed by atoms with E-state index >= 15 is 4.39 Å². The van der Waals surface area contributed by atoms with Gasteiger partial charge in [0.2, 0.25) is 0 Å². The summed E-state index contributed by atoms with van der Waals surface area (Å²) < 4.78 is 17.0. The fourth-order valence-electron chi connectivity index (χ4n) is 9.88. The summed E-state index contributed by atoms with van der Waals surface area (Å²) in [6.45, 7) is 14.8. The molecule has 5 aromatic carbocycles. The van der Waals surface area contributed by atoms with E-state index in [-0.39, 0.29) is 5.82 Å². The zero-order valence-electron chi connectivity index (χ0n) is 38.9. The lowest BCUT2D eigenvalue weighted by atomic mass is 10.2. The van der Waals surface area contributed by atoms with Crippen LogP contribution in [0.2, 0.25) is 36.3 Å². The minimum absolute atomic E-state index is 0.115. The van der Waals surface area contributed by atoms with Crippen LogP contribution >= 0.6 is 14.7 Å². The van der Waals surface area contributed by atoms with Crippen LogP contribution in [-0.4, -0.2) is 16.1 Å². The fourth-order valence-corrected chi connectivity index (χ4v) is 31.6. The molecule has 1 atom stereocenters. The molecule has 0 aromatic heterocycles. The predicted octanol–water partition coefficient (Wildman–Crippen LogP) is 14.7. The molecule has 0 aliphatic carbocycles. The van der Waals surface area contributed by atoms with Crippen molar-refractivity contribution in [3.05, 3.63) is 145 Å². The highest BCUT2D eigenvalue weighted by Gasteiger charge is 2.55. The van der Waals surface area contributed by atoms with Crippen molar-refractivity contribution < 1.29 is 4.39 Å². The zero-order chi connectivity index (χ0) is 43.4. The van der Waals surface area contributed by atoms with Gasteiger partial charge in [-0.15, -0.1) is 0 Å². The van der Waals surface area contributed by atoms with Crippen LogP contribution in [0.25, 0.3) is 0 Å². The van der Waals surface area contributed by atoms with Crippen molar-refractivity contribution in [1.29, 1.82) is 0 Å². The van der Waals surface area contributed by atoms with Gasteiger partial charge in [-0.3, -0.25) is 0 Å². The van der Waals surface area contributed by atoms with Crippen LogP contribution in [0.3, 0.4) is 0 Å². The van der Waals surface area contributed by atoms with E-state index in [9.17, 15) is 0 Å². The molecule has 5 aromatic rings. The Kier molecular flexibility index (Phi) is 20.6. The number of halogens is 1. The first-order chi connectivity index (χ1) is 29.9. The third kappa shape index (κ3) is 12.5. The molecule has 0 saturated carbocycles. The average Bonchev–Trinajstić information content (AvgIpc) is 3.31. The van der Waals surface area contributed by atoms with E-state index in [1.165, 1.54) is 135 Å². The summed E-state index contributed by atoms with van der Waals surface area (Å²) in [7, 11) is -7.31. The average molecular weight is 891 g/mol. The molecule has 1 N–H and O–H groups in total. The Labute approximate surface area is 376 Å². The molecule has 0 radical (unpaired) electrons. The summed E-state index contributed by atoms with van der Waals surface area (Å²) >= 11 is 0. The summed E-state index contributed by atoms with van der Waals surface area (Å²) in [5.41, 5.74) is 1.22. The third-order valence-electron chi connectivity index (χ3n) is 13.5. The van der Waals surface area contributed by atoms with E-state index in [4.69, 9.17) is 0 Å². The maximum Gasteiger partial charge on any atom is 0.176 e. The van der Waals surface area contributed by atoms with Crippen molar-refractivity contribution in [2.45, 2.75) is 161 Å². The molecule has 1 nitrogen and oxygen atoms in total. The first-order valence-electron chi connectivity index (χ1n) is 24.4. The molecule has 0 aliphatic heterocycles. The molecule has 0 fully saturated rings. The highest BCUT2D eigenvalue weighted by atomic mass is 32.1. The van der Waals surface area contributed by atoms with Crippen LogP contribution < -0.4 is 36.7 Å². The highest BCUT2D eigenvalue weighted by molar-refractivity contribution is 8.49. The zero-order valence-corrected chi connectivity index (χ0v) is 42.7. The molecule has 0 aliphatic rings. The van der Waals surface area contributed by atoms with Crippen molar-refractivity contribution in [2.75, 3.05) is 0 Å². The van der Waals surface area contributed by atoms with Gasteiger partial charge >= 0.3 is 0 Å². The summed E-state index contributed by atoms with van der Waals surface area (Å²) in [6.07, 6.45) is 15.4. The van der Waals surface area contributed by atoms with Gasteiger partial charge in [-0.05, 0) is 29.8 Å². The number of benzene rings is 5. The van der Waals surface area contributed by atoms with Crippen molar-refractivity contribution >= 4 is 62.5 Å². The van der Waals surface area contributed by atoms with Crippen LogP contribution in [0.1, 0.15) is 124 Å².